The summed E-state index contributed by atoms with van der Waals surface area (Å²) in [6.45, 7) is 0. The van der Waals surface area contributed by atoms with Crippen molar-refractivity contribution in [2.45, 2.75) is 9.10 Å². The molecule has 2 rings (SSSR count). The van der Waals surface area contributed by atoms with Gasteiger partial charge in [0.25, 0.3) is 0 Å². The summed E-state index contributed by atoms with van der Waals surface area (Å²) in [6.07, 6.45) is 0. The molecule has 0 amide bonds. The van der Waals surface area contributed by atoms with Crippen LogP contribution in [0.1, 0.15) is 5.56 Å². The van der Waals surface area contributed by atoms with Crippen molar-refractivity contribution in [3.05, 3.63) is 47.1 Å². The highest BCUT2D eigenvalue weighted by molar-refractivity contribution is 8.01. The number of nitrogens with two attached hydrogens (primary N) is 1. The summed E-state index contributed by atoms with van der Waals surface area (Å²) < 4.78 is 14.5. The number of amidine groups is 1. The standard InChI is InChI=1S/C11H9FN2S2/c12-7-3-1-4-8(10(7)11(13)14)16-9-5-2-6-15-9/h1-6H,(H3,13,14). The number of hydrogen-bond donors (Lipinski definition) is 2. The second-order valence-corrected chi connectivity index (χ2v) is 5.35. The molecule has 0 radical (unpaired) electrons. The molecule has 0 atom stereocenters. The van der Waals surface area contributed by atoms with E-state index < -0.39 is 5.82 Å². The molecule has 16 heavy (non-hydrogen) atoms. The molecular formula is C11H9FN2S2. The molecule has 82 valence electrons. The highest BCUT2D eigenvalue weighted by atomic mass is 32.2. The summed E-state index contributed by atoms with van der Waals surface area (Å²) in [5, 5.41) is 9.33. The normalized spacial score (nSPS) is 10.3. The molecule has 5 heteroatoms. The Bertz CT molecular complexity index is 509. The first-order chi connectivity index (χ1) is 7.68. The predicted octanol–water partition coefficient (Wildman–Crippen LogP) is 3.32. The van der Waals surface area contributed by atoms with Crippen molar-refractivity contribution in [3.8, 4) is 0 Å². The maximum atomic E-state index is 13.5. The number of benzene rings is 1. The average molecular weight is 252 g/mol. The molecule has 2 aromatic rings. The van der Waals surface area contributed by atoms with E-state index in [0.29, 0.717) is 4.90 Å². The van der Waals surface area contributed by atoms with E-state index in [0.717, 1.165) is 4.21 Å². The second kappa shape index (κ2) is 4.67. The van der Waals surface area contributed by atoms with E-state index in [1.165, 1.54) is 17.8 Å². The summed E-state index contributed by atoms with van der Waals surface area (Å²) in [4.78, 5) is 0.676. The van der Waals surface area contributed by atoms with Crippen LogP contribution in [0.25, 0.3) is 0 Å². The lowest BCUT2D eigenvalue weighted by atomic mass is 10.2. The molecule has 0 saturated heterocycles. The Labute approximate surface area is 101 Å². The average Bonchev–Trinajstić information content (AvgIpc) is 2.70. The Morgan fingerprint density at radius 3 is 2.75 bits per heavy atom. The van der Waals surface area contributed by atoms with E-state index in [1.54, 1.807) is 23.5 Å². The van der Waals surface area contributed by atoms with E-state index in [1.807, 2.05) is 17.5 Å². The van der Waals surface area contributed by atoms with Crippen molar-refractivity contribution in [1.82, 2.24) is 0 Å². The van der Waals surface area contributed by atoms with Gasteiger partial charge in [-0.2, -0.15) is 0 Å². The van der Waals surface area contributed by atoms with Crippen LogP contribution in [0.4, 0.5) is 4.39 Å². The van der Waals surface area contributed by atoms with Crippen molar-refractivity contribution in [3.63, 3.8) is 0 Å². The fourth-order valence-electron chi connectivity index (χ4n) is 1.28. The molecule has 0 fully saturated rings. The van der Waals surface area contributed by atoms with Crippen LogP contribution >= 0.6 is 23.1 Å². The number of nitrogens with one attached hydrogen (secondary N) is 1. The summed E-state index contributed by atoms with van der Waals surface area (Å²) in [5.74, 6) is -0.689. The van der Waals surface area contributed by atoms with Crippen molar-refractivity contribution >= 4 is 28.9 Å². The van der Waals surface area contributed by atoms with Gasteiger partial charge in [0.2, 0.25) is 0 Å². The molecule has 2 nitrogen and oxygen atoms in total. The van der Waals surface area contributed by atoms with Crippen molar-refractivity contribution in [2.75, 3.05) is 0 Å². The molecule has 0 aliphatic rings. The molecule has 0 spiro atoms. The van der Waals surface area contributed by atoms with Crippen molar-refractivity contribution in [2.24, 2.45) is 5.73 Å². The van der Waals surface area contributed by atoms with Gasteiger partial charge in [0, 0.05) is 4.90 Å². The Morgan fingerprint density at radius 2 is 2.12 bits per heavy atom. The Balaban J connectivity index is 2.40. The molecule has 0 bridgehead atoms. The third kappa shape index (κ3) is 2.25. The van der Waals surface area contributed by atoms with E-state index in [9.17, 15) is 4.39 Å². The smallest absolute Gasteiger partial charge is 0.135 e. The number of rotatable bonds is 3. The number of nitrogen functional groups attached to an aromatic ring is 1. The topological polar surface area (TPSA) is 49.9 Å². The lowest BCUT2D eigenvalue weighted by molar-refractivity contribution is 0.621. The fraction of sp³-hybridized carbons (Fsp3) is 0. The quantitative estimate of drug-likeness (QED) is 0.650. The molecule has 1 aromatic heterocycles. The van der Waals surface area contributed by atoms with Gasteiger partial charge < -0.3 is 5.73 Å². The van der Waals surface area contributed by atoms with Crippen LogP contribution in [-0.4, -0.2) is 5.84 Å². The van der Waals surface area contributed by atoms with Crippen molar-refractivity contribution < 1.29 is 4.39 Å². The van der Waals surface area contributed by atoms with Gasteiger partial charge in [0.15, 0.2) is 0 Å². The maximum absolute atomic E-state index is 13.5. The first kappa shape index (κ1) is 11.2. The van der Waals surface area contributed by atoms with Gasteiger partial charge in [0.1, 0.15) is 11.7 Å². The monoisotopic (exact) mass is 252 g/mol. The maximum Gasteiger partial charge on any atom is 0.135 e. The first-order valence-corrected chi connectivity index (χ1v) is 6.22. The highest BCUT2D eigenvalue weighted by Crippen LogP contribution is 2.34. The zero-order valence-corrected chi connectivity index (χ0v) is 9.87. The lowest BCUT2D eigenvalue weighted by Crippen LogP contribution is -2.14. The molecule has 1 heterocycles. The van der Waals surface area contributed by atoms with Crippen LogP contribution in [-0.2, 0) is 0 Å². The summed E-state index contributed by atoms with van der Waals surface area (Å²) >= 11 is 2.99. The Hall–Kier alpha value is -1.33. The van der Waals surface area contributed by atoms with Crippen LogP contribution in [0.15, 0.2) is 44.8 Å². The van der Waals surface area contributed by atoms with Gasteiger partial charge in [-0.25, -0.2) is 4.39 Å². The van der Waals surface area contributed by atoms with Crippen molar-refractivity contribution in [1.29, 1.82) is 5.41 Å². The lowest BCUT2D eigenvalue weighted by Gasteiger charge is -2.07. The first-order valence-electron chi connectivity index (χ1n) is 4.53. The van der Waals surface area contributed by atoms with Crippen LogP contribution in [0.5, 0.6) is 0 Å². The largest absolute Gasteiger partial charge is 0.384 e. The van der Waals surface area contributed by atoms with Crippen LogP contribution in [0, 0.1) is 11.2 Å². The van der Waals surface area contributed by atoms with Gasteiger partial charge in [0.05, 0.1) is 9.77 Å². The Kier molecular flexibility index (Phi) is 3.26. The van der Waals surface area contributed by atoms with E-state index in [-0.39, 0.29) is 11.4 Å². The zero-order valence-electron chi connectivity index (χ0n) is 8.24. The van der Waals surface area contributed by atoms with Gasteiger partial charge in [-0.05, 0) is 23.6 Å². The number of thiophene rings is 1. The van der Waals surface area contributed by atoms with E-state index in [2.05, 4.69) is 0 Å². The third-order valence-electron chi connectivity index (χ3n) is 1.95. The minimum Gasteiger partial charge on any atom is -0.384 e. The minimum absolute atomic E-state index is 0.181. The Morgan fingerprint density at radius 1 is 1.31 bits per heavy atom. The number of halogens is 1. The molecule has 0 saturated carbocycles. The SMILES string of the molecule is N=C(N)c1c(F)cccc1Sc1cccs1. The molecule has 1 aromatic carbocycles. The molecule has 0 aliphatic carbocycles. The van der Waals surface area contributed by atoms with E-state index in [4.69, 9.17) is 11.1 Å². The van der Waals surface area contributed by atoms with Gasteiger partial charge in [-0.1, -0.05) is 23.9 Å². The molecule has 0 unspecified atom stereocenters. The third-order valence-corrected chi connectivity index (χ3v) is 4.05. The summed E-state index contributed by atoms with van der Waals surface area (Å²) in [5.41, 5.74) is 5.56. The molecule has 0 aliphatic heterocycles. The predicted molar refractivity (Wildman–Crippen MR) is 65.9 cm³/mol. The molecule has 3 N–H and O–H groups in total. The molecular weight excluding hydrogens is 243 g/mol. The van der Waals surface area contributed by atoms with Gasteiger partial charge in [-0.15, -0.1) is 11.3 Å². The minimum atomic E-state index is -0.450. The van der Waals surface area contributed by atoms with Gasteiger partial charge in [-0.3, -0.25) is 5.41 Å². The van der Waals surface area contributed by atoms with Crippen LogP contribution < -0.4 is 5.73 Å². The highest BCUT2D eigenvalue weighted by Gasteiger charge is 2.12. The summed E-state index contributed by atoms with van der Waals surface area (Å²) in [7, 11) is 0. The van der Waals surface area contributed by atoms with Gasteiger partial charge >= 0.3 is 0 Å². The zero-order chi connectivity index (χ0) is 11.5. The second-order valence-electron chi connectivity index (χ2n) is 3.06. The van der Waals surface area contributed by atoms with Crippen LogP contribution in [0.2, 0.25) is 0 Å². The van der Waals surface area contributed by atoms with Crippen LogP contribution in [0.3, 0.4) is 0 Å². The van der Waals surface area contributed by atoms with E-state index >= 15 is 0 Å². The summed E-state index contributed by atoms with van der Waals surface area (Å²) in [6, 6.07) is 8.58. The fourth-order valence-corrected chi connectivity index (χ4v) is 3.18. The number of hydrogen-bond acceptors (Lipinski definition) is 3.